The van der Waals surface area contributed by atoms with Gasteiger partial charge in [-0.2, -0.15) is 0 Å². The molecule has 1 aromatic heterocycles. The van der Waals surface area contributed by atoms with Crippen LogP contribution >= 0.6 is 11.3 Å². The summed E-state index contributed by atoms with van der Waals surface area (Å²) in [6.45, 7) is 4.06. The second-order valence-electron chi connectivity index (χ2n) is 4.95. The van der Waals surface area contributed by atoms with Crippen molar-refractivity contribution in [3.63, 3.8) is 0 Å². The van der Waals surface area contributed by atoms with Crippen LogP contribution in [0.5, 0.6) is 5.75 Å². The number of hydrogen-bond acceptors (Lipinski definition) is 6. The van der Waals surface area contributed by atoms with Gasteiger partial charge in [-0.3, -0.25) is 4.79 Å². The minimum atomic E-state index is -0.165. The van der Waals surface area contributed by atoms with E-state index in [4.69, 9.17) is 10.5 Å². The van der Waals surface area contributed by atoms with Gasteiger partial charge < -0.3 is 21.1 Å². The minimum Gasteiger partial charge on any atom is -0.482 e. The Morgan fingerprint density at radius 1 is 1.52 bits per heavy atom. The number of thiazole rings is 1. The summed E-state index contributed by atoms with van der Waals surface area (Å²) in [5.41, 5.74) is 7.99. The molecule has 0 aliphatic carbocycles. The fourth-order valence-electron chi connectivity index (χ4n) is 2.13. The van der Waals surface area contributed by atoms with Gasteiger partial charge in [-0.25, -0.2) is 4.98 Å². The van der Waals surface area contributed by atoms with Crippen molar-refractivity contribution in [1.82, 2.24) is 4.98 Å². The number of hydrogen-bond donors (Lipinski definition) is 3. The summed E-state index contributed by atoms with van der Waals surface area (Å²) in [5, 5.41) is 7.08. The van der Waals surface area contributed by atoms with E-state index in [1.807, 2.05) is 20.0 Å². The van der Waals surface area contributed by atoms with E-state index in [0.29, 0.717) is 17.1 Å². The smallest absolute Gasteiger partial charge is 0.262 e. The Labute approximate surface area is 126 Å². The normalized spacial score (nSPS) is 14.9. The molecule has 1 aliphatic heterocycles. The molecule has 7 heteroatoms. The van der Waals surface area contributed by atoms with Crippen molar-refractivity contribution in [2.75, 3.05) is 23.0 Å². The number of aryl methyl sites for hydroxylation is 1. The quantitative estimate of drug-likeness (QED) is 0.758. The number of carbonyl (C=O) groups is 1. The number of nitrogens with zero attached hydrogens (tertiary/aromatic N) is 1. The van der Waals surface area contributed by atoms with Crippen molar-refractivity contribution in [3.05, 3.63) is 28.2 Å². The number of carbonyl (C=O) groups excluding carboxylic acids is 1. The Morgan fingerprint density at radius 2 is 2.33 bits per heavy atom. The molecule has 6 nitrogen and oxygen atoms in total. The number of ether oxygens (including phenoxy) is 1. The zero-order valence-corrected chi connectivity index (χ0v) is 12.6. The molecule has 0 saturated heterocycles. The first-order valence-corrected chi connectivity index (χ1v) is 7.39. The Kier molecular flexibility index (Phi) is 3.42. The molecule has 1 amide bonds. The summed E-state index contributed by atoms with van der Waals surface area (Å²) >= 11 is 1.64. The molecule has 0 fully saturated rings. The maximum absolute atomic E-state index is 11.4. The molecule has 1 aliphatic rings. The highest BCUT2D eigenvalue weighted by molar-refractivity contribution is 7.11. The van der Waals surface area contributed by atoms with Gasteiger partial charge in [0.2, 0.25) is 0 Å². The van der Waals surface area contributed by atoms with Crippen molar-refractivity contribution in [2.45, 2.75) is 19.9 Å². The van der Waals surface area contributed by atoms with Crippen molar-refractivity contribution >= 4 is 34.3 Å². The van der Waals surface area contributed by atoms with E-state index in [0.717, 1.165) is 15.6 Å². The van der Waals surface area contributed by atoms with E-state index in [1.54, 1.807) is 23.5 Å². The first kappa shape index (κ1) is 13.7. The largest absolute Gasteiger partial charge is 0.482 e. The Hall–Kier alpha value is -2.28. The first-order valence-electron chi connectivity index (χ1n) is 6.58. The molecule has 1 atom stereocenters. The summed E-state index contributed by atoms with van der Waals surface area (Å²) in [6, 6.07) is 3.54. The minimum absolute atomic E-state index is 0.0218. The van der Waals surface area contributed by atoms with Crippen LogP contribution in [0.15, 0.2) is 18.3 Å². The van der Waals surface area contributed by atoms with Crippen molar-refractivity contribution in [3.8, 4) is 5.75 Å². The lowest BCUT2D eigenvalue weighted by molar-refractivity contribution is -0.118. The number of nitrogens with two attached hydrogens (primary N) is 1. The fourth-order valence-corrected chi connectivity index (χ4v) is 2.91. The lowest BCUT2D eigenvalue weighted by atomic mass is 10.2. The van der Waals surface area contributed by atoms with Gasteiger partial charge in [0.25, 0.3) is 5.91 Å². The highest BCUT2D eigenvalue weighted by Crippen LogP contribution is 2.36. The van der Waals surface area contributed by atoms with Gasteiger partial charge in [0.1, 0.15) is 10.8 Å². The number of rotatable bonds is 3. The topological polar surface area (TPSA) is 89.3 Å². The summed E-state index contributed by atoms with van der Waals surface area (Å²) in [6.07, 6.45) is 1.85. The van der Waals surface area contributed by atoms with E-state index in [2.05, 4.69) is 15.6 Å². The van der Waals surface area contributed by atoms with E-state index in [-0.39, 0.29) is 18.6 Å². The number of nitrogen functional groups attached to an aromatic ring is 1. The zero-order valence-electron chi connectivity index (χ0n) is 11.8. The molecule has 21 heavy (non-hydrogen) atoms. The predicted molar refractivity (Wildman–Crippen MR) is 83.9 cm³/mol. The molecule has 2 aromatic rings. The lowest BCUT2D eigenvalue weighted by Crippen LogP contribution is -2.25. The molecular weight excluding hydrogens is 288 g/mol. The van der Waals surface area contributed by atoms with Crippen LogP contribution in [0.4, 0.5) is 17.1 Å². The average molecular weight is 304 g/mol. The highest BCUT2D eigenvalue weighted by atomic mass is 32.1. The molecule has 2 heterocycles. The van der Waals surface area contributed by atoms with Crippen LogP contribution in [-0.4, -0.2) is 17.5 Å². The molecule has 0 saturated carbocycles. The van der Waals surface area contributed by atoms with Gasteiger partial charge in [0.05, 0.1) is 23.1 Å². The molecule has 110 valence electrons. The Balaban J connectivity index is 1.85. The van der Waals surface area contributed by atoms with E-state index >= 15 is 0 Å². The monoisotopic (exact) mass is 304 g/mol. The van der Waals surface area contributed by atoms with Gasteiger partial charge in [-0.05, 0) is 19.9 Å². The van der Waals surface area contributed by atoms with E-state index in [1.165, 1.54) is 0 Å². The third-order valence-electron chi connectivity index (χ3n) is 3.17. The number of amides is 1. The summed E-state index contributed by atoms with van der Waals surface area (Å²) < 4.78 is 5.33. The second kappa shape index (κ2) is 5.25. The van der Waals surface area contributed by atoms with Crippen LogP contribution in [0.25, 0.3) is 0 Å². The molecule has 1 aromatic carbocycles. The van der Waals surface area contributed by atoms with E-state index < -0.39 is 0 Å². The maximum Gasteiger partial charge on any atom is 0.262 e. The van der Waals surface area contributed by atoms with Gasteiger partial charge in [-0.1, -0.05) is 0 Å². The molecule has 4 N–H and O–H groups in total. The van der Waals surface area contributed by atoms with Crippen molar-refractivity contribution in [1.29, 1.82) is 0 Å². The van der Waals surface area contributed by atoms with Crippen LogP contribution in [0, 0.1) is 6.92 Å². The number of aromatic nitrogens is 1. The van der Waals surface area contributed by atoms with Crippen LogP contribution in [0.3, 0.4) is 0 Å². The van der Waals surface area contributed by atoms with Crippen molar-refractivity contribution in [2.24, 2.45) is 0 Å². The molecule has 1 unspecified atom stereocenters. The van der Waals surface area contributed by atoms with Crippen LogP contribution in [-0.2, 0) is 4.79 Å². The molecular formula is C14H16N4O2S. The van der Waals surface area contributed by atoms with Crippen molar-refractivity contribution < 1.29 is 9.53 Å². The number of benzene rings is 1. The second-order valence-corrected chi connectivity index (χ2v) is 6.21. The van der Waals surface area contributed by atoms with Gasteiger partial charge in [0.15, 0.2) is 6.61 Å². The summed E-state index contributed by atoms with van der Waals surface area (Å²) in [7, 11) is 0. The summed E-state index contributed by atoms with van der Waals surface area (Å²) in [5.74, 6) is 0.428. The average Bonchev–Trinajstić information content (AvgIpc) is 2.87. The zero-order chi connectivity index (χ0) is 15.0. The molecule has 0 bridgehead atoms. The van der Waals surface area contributed by atoms with Gasteiger partial charge >= 0.3 is 0 Å². The SMILES string of the molecule is Cc1cnc(C(C)Nc2cc3c(cc2N)OCC(=O)N3)s1. The van der Waals surface area contributed by atoms with Gasteiger partial charge in [-0.15, -0.1) is 11.3 Å². The lowest BCUT2D eigenvalue weighted by Gasteiger charge is -2.21. The molecule has 0 radical (unpaired) electrons. The first-order chi connectivity index (χ1) is 10.0. The summed E-state index contributed by atoms with van der Waals surface area (Å²) in [4.78, 5) is 16.9. The van der Waals surface area contributed by atoms with Crippen LogP contribution < -0.4 is 21.1 Å². The van der Waals surface area contributed by atoms with Crippen LogP contribution in [0.2, 0.25) is 0 Å². The fraction of sp³-hybridized carbons (Fsp3) is 0.286. The van der Waals surface area contributed by atoms with E-state index in [9.17, 15) is 4.79 Å². The number of fused-ring (bicyclic) bond motifs is 1. The van der Waals surface area contributed by atoms with Crippen LogP contribution in [0.1, 0.15) is 22.9 Å². The molecule has 3 rings (SSSR count). The third-order valence-corrected chi connectivity index (χ3v) is 4.26. The Bertz CT molecular complexity index is 698. The molecule has 0 spiro atoms. The van der Waals surface area contributed by atoms with Gasteiger partial charge in [0, 0.05) is 17.1 Å². The third kappa shape index (κ3) is 2.78. The Morgan fingerprint density at radius 3 is 3.05 bits per heavy atom. The standard InChI is InChI=1S/C14H16N4O2S/c1-7-5-16-14(21-7)8(2)17-10-4-11-12(3-9(10)15)20-6-13(19)18-11/h3-5,8,17H,6,15H2,1-2H3,(H,18,19). The highest BCUT2D eigenvalue weighted by Gasteiger charge is 2.19. The predicted octanol–water partition coefficient (Wildman–Crippen LogP) is 2.54. The number of nitrogens with one attached hydrogen (secondary N) is 2. The maximum atomic E-state index is 11.4. The number of anilines is 3.